The molecule has 23 heavy (non-hydrogen) atoms. The van der Waals surface area contributed by atoms with E-state index >= 15 is 0 Å². The van der Waals surface area contributed by atoms with Crippen LogP contribution in [0.15, 0.2) is 24.3 Å². The molecule has 0 radical (unpaired) electrons. The van der Waals surface area contributed by atoms with Gasteiger partial charge in [0.05, 0.1) is 19.3 Å². The summed E-state index contributed by atoms with van der Waals surface area (Å²) in [5, 5.41) is 3.85. The standard InChI is InChI=1S/C18H27ClN2O2/c1-4-18(2,3)17(22)20-13-16(21-8-10-23-11-9-21)14-6-5-7-15(19)12-14/h5-7,12,16H,4,8-11,13H2,1-3H3,(H,20,22). The average Bonchev–Trinajstić information content (AvgIpc) is 2.56. The Labute approximate surface area is 144 Å². The molecule has 0 aromatic heterocycles. The summed E-state index contributed by atoms with van der Waals surface area (Å²) >= 11 is 6.16. The first-order valence-corrected chi connectivity index (χ1v) is 8.67. The molecule has 2 rings (SSSR count). The Hall–Kier alpha value is -1.10. The second-order valence-corrected chi connectivity index (χ2v) is 7.10. The monoisotopic (exact) mass is 338 g/mol. The van der Waals surface area contributed by atoms with Crippen molar-refractivity contribution < 1.29 is 9.53 Å². The van der Waals surface area contributed by atoms with Gasteiger partial charge < -0.3 is 10.1 Å². The quantitative estimate of drug-likeness (QED) is 0.865. The highest BCUT2D eigenvalue weighted by Crippen LogP contribution is 2.25. The van der Waals surface area contributed by atoms with E-state index in [1.54, 1.807) is 0 Å². The summed E-state index contributed by atoms with van der Waals surface area (Å²) in [7, 11) is 0. The molecule has 5 heteroatoms. The minimum Gasteiger partial charge on any atom is -0.379 e. The van der Waals surface area contributed by atoms with Gasteiger partial charge >= 0.3 is 0 Å². The third-order valence-corrected chi connectivity index (χ3v) is 4.91. The van der Waals surface area contributed by atoms with Gasteiger partial charge in [-0.2, -0.15) is 0 Å². The van der Waals surface area contributed by atoms with E-state index in [-0.39, 0.29) is 17.4 Å². The third kappa shape index (κ3) is 4.93. The van der Waals surface area contributed by atoms with Gasteiger partial charge in [0.25, 0.3) is 0 Å². The van der Waals surface area contributed by atoms with Crippen LogP contribution in [0.5, 0.6) is 0 Å². The van der Waals surface area contributed by atoms with E-state index in [9.17, 15) is 4.79 Å². The fraction of sp³-hybridized carbons (Fsp3) is 0.611. The molecule has 4 nitrogen and oxygen atoms in total. The lowest BCUT2D eigenvalue weighted by Gasteiger charge is -2.35. The van der Waals surface area contributed by atoms with Gasteiger partial charge in [0.2, 0.25) is 5.91 Å². The zero-order chi connectivity index (χ0) is 16.9. The second-order valence-electron chi connectivity index (χ2n) is 6.67. The number of amides is 1. The molecule has 1 saturated heterocycles. The molecule has 1 atom stereocenters. The lowest BCUT2D eigenvalue weighted by Crippen LogP contribution is -2.46. The molecule has 0 aliphatic carbocycles. The zero-order valence-corrected chi connectivity index (χ0v) is 15.0. The first-order chi connectivity index (χ1) is 10.9. The maximum absolute atomic E-state index is 12.4. The van der Waals surface area contributed by atoms with E-state index < -0.39 is 0 Å². The Balaban J connectivity index is 2.12. The number of nitrogens with one attached hydrogen (secondary N) is 1. The molecular weight excluding hydrogens is 312 g/mol. The summed E-state index contributed by atoms with van der Waals surface area (Å²) in [4.78, 5) is 14.8. The predicted molar refractivity (Wildman–Crippen MR) is 93.7 cm³/mol. The summed E-state index contributed by atoms with van der Waals surface area (Å²) in [6, 6.07) is 8.01. The van der Waals surface area contributed by atoms with E-state index in [1.165, 1.54) is 0 Å². The molecule has 1 heterocycles. The van der Waals surface area contributed by atoms with E-state index in [0.717, 1.165) is 43.3 Å². The first-order valence-electron chi connectivity index (χ1n) is 8.29. The van der Waals surface area contributed by atoms with Crippen LogP contribution in [0.4, 0.5) is 0 Å². The topological polar surface area (TPSA) is 41.6 Å². The van der Waals surface area contributed by atoms with Crippen LogP contribution in [-0.2, 0) is 9.53 Å². The summed E-state index contributed by atoms with van der Waals surface area (Å²) in [5.74, 6) is 0.0975. The Kier molecular flexibility index (Phi) is 6.45. The molecule has 0 saturated carbocycles. The predicted octanol–water partition coefficient (Wildman–Crippen LogP) is 3.27. The van der Waals surface area contributed by atoms with E-state index in [1.807, 2.05) is 39.0 Å². The molecule has 1 amide bonds. The van der Waals surface area contributed by atoms with Gasteiger partial charge in [-0.15, -0.1) is 0 Å². The molecule has 1 aromatic carbocycles. The van der Waals surface area contributed by atoms with Gasteiger partial charge in [-0.1, -0.05) is 44.5 Å². The Morgan fingerprint density at radius 2 is 2.09 bits per heavy atom. The van der Waals surface area contributed by atoms with Gasteiger partial charge in [0, 0.05) is 30.1 Å². The number of halogens is 1. The van der Waals surface area contributed by atoms with Crippen molar-refractivity contribution in [1.82, 2.24) is 10.2 Å². The number of carbonyl (C=O) groups is 1. The number of morpholine rings is 1. The Morgan fingerprint density at radius 3 is 2.70 bits per heavy atom. The van der Waals surface area contributed by atoms with Crippen molar-refractivity contribution in [3.63, 3.8) is 0 Å². The minimum atomic E-state index is -0.343. The van der Waals surface area contributed by atoms with Crippen LogP contribution in [0.3, 0.4) is 0 Å². The molecule has 1 N–H and O–H groups in total. The number of nitrogens with zero attached hydrogens (tertiary/aromatic N) is 1. The van der Waals surface area contributed by atoms with Crippen molar-refractivity contribution in [2.75, 3.05) is 32.8 Å². The number of carbonyl (C=O) groups excluding carboxylic acids is 1. The van der Waals surface area contributed by atoms with Gasteiger partial charge in [0.15, 0.2) is 0 Å². The Morgan fingerprint density at radius 1 is 1.39 bits per heavy atom. The van der Waals surface area contributed by atoms with Crippen LogP contribution in [0, 0.1) is 5.41 Å². The SMILES string of the molecule is CCC(C)(C)C(=O)NCC(c1cccc(Cl)c1)N1CCOCC1. The number of rotatable bonds is 6. The molecule has 0 spiro atoms. The normalized spacial score (nSPS) is 17.7. The van der Waals surface area contributed by atoms with Crippen LogP contribution >= 0.6 is 11.6 Å². The first kappa shape index (κ1) is 18.2. The van der Waals surface area contributed by atoms with Crippen molar-refractivity contribution >= 4 is 17.5 Å². The number of hydrogen-bond acceptors (Lipinski definition) is 3. The van der Waals surface area contributed by atoms with Crippen LogP contribution in [0.1, 0.15) is 38.8 Å². The third-order valence-electron chi connectivity index (χ3n) is 4.67. The Bertz CT molecular complexity index is 528. The summed E-state index contributed by atoms with van der Waals surface area (Å²) in [6.07, 6.45) is 0.818. The summed E-state index contributed by atoms with van der Waals surface area (Å²) in [5.41, 5.74) is 0.790. The maximum Gasteiger partial charge on any atom is 0.225 e. The van der Waals surface area contributed by atoms with E-state index in [2.05, 4.69) is 16.3 Å². The average molecular weight is 339 g/mol. The van der Waals surface area contributed by atoms with Crippen molar-refractivity contribution in [3.8, 4) is 0 Å². The zero-order valence-electron chi connectivity index (χ0n) is 14.3. The number of ether oxygens (including phenoxy) is 1. The highest BCUT2D eigenvalue weighted by atomic mass is 35.5. The number of hydrogen-bond donors (Lipinski definition) is 1. The molecular formula is C18H27ClN2O2. The minimum absolute atomic E-state index is 0.0975. The van der Waals surface area contributed by atoms with Crippen LogP contribution in [-0.4, -0.2) is 43.7 Å². The van der Waals surface area contributed by atoms with Crippen molar-refractivity contribution in [2.45, 2.75) is 33.2 Å². The molecule has 1 fully saturated rings. The second kappa shape index (κ2) is 8.13. The van der Waals surface area contributed by atoms with Gasteiger partial charge in [-0.05, 0) is 24.1 Å². The van der Waals surface area contributed by atoms with Gasteiger partial charge in [0.1, 0.15) is 0 Å². The molecule has 1 aliphatic rings. The molecule has 1 aromatic rings. The lowest BCUT2D eigenvalue weighted by atomic mass is 9.89. The maximum atomic E-state index is 12.4. The highest BCUT2D eigenvalue weighted by Gasteiger charge is 2.28. The highest BCUT2D eigenvalue weighted by molar-refractivity contribution is 6.30. The molecule has 1 unspecified atom stereocenters. The molecule has 128 valence electrons. The molecule has 0 bridgehead atoms. The van der Waals surface area contributed by atoms with Crippen LogP contribution in [0.25, 0.3) is 0 Å². The molecule has 1 aliphatic heterocycles. The van der Waals surface area contributed by atoms with E-state index in [4.69, 9.17) is 16.3 Å². The largest absolute Gasteiger partial charge is 0.379 e. The van der Waals surface area contributed by atoms with Gasteiger partial charge in [-0.25, -0.2) is 0 Å². The van der Waals surface area contributed by atoms with Gasteiger partial charge in [-0.3, -0.25) is 9.69 Å². The fourth-order valence-electron chi connectivity index (χ4n) is 2.65. The summed E-state index contributed by atoms with van der Waals surface area (Å²) in [6.45, 7) is 9.76. The summed E-state index contributed by atoms with van der Waals surface area (Å²) < 4.78 is 5.45. The van der Waals surface area contributed by atoms with E-state index in [0.29, 0.717) is 6.54 Å². The number of benzene rings is 1. The smallest absolute Gasteiger partial charge is 0.225 e. The van der Waals surface area contributed by atoms with Crippen LogP contribution in [0.2, 0.25) is 5.02 Å². The van der Waals surface area contributed by atoms with Crippen molar-refractivity contribution in [3.05, 3.63) is 34.9 Å². The van der Waals surface area contributed by atoms with Crippen molar-refractivity contribution in [1.29, 1.82) is 0 Å². The van der Waals surface area contributed by atoms with Crippen LogP contribution < -0.4 is 5.32 Å². The fourth-order valence-corrected chi connectivity index (χ4v) is 2.85. The van der Waals surface area contributed by atoms with Crippen molar-refractivity contribution in [2.24, 2.45) is 5.41 Å². The lowest BCUT2D eigenvalue weighted by molar-refractivity contribution is -0.129.